The number of halogens is 1. The van der Waals surface area contributed by atoms with E-state index in [1.807, 2.05) is 0 Å². The summed E-state index contributed by atoms with van der Waals surface area (Å²) >= 11 is 6.08. The molecule has 2 rings (SSSR count). The van der Waals surface area contributed by atoms with Gasteiger partial charge in [0.05, 0.1) is 24.1 Å². The Hall–Kier alpha value is -1.81. The van der Waals surface area contributed by atoms with Crippen molar-refractivity contribution in [2.75, 3.05) is 27.0 Å². The van der Waals surface area contributed by atoms with Gasteiger partial charge in [0.1, 0.15) is 4.90 Å². The van der Waals surface area contributed by atoms with Crippen molar-refractivity contribution in [1.82, 2.24) is 4.31 Å². The van der Waals surface area contributed by atoms with E-state index in [4.69, 9.17) is 21.1 Å². The molecule has 2 aromatic rings. The van der Waals surface area contributed by atoms with Crippen LogP contribution >= 0.6 is 11.6 Å². The normalized spacial score (nSPS) is 12.2. The number of rotatable bonds is 8. The lowest BCUT2D eigenvalue weighted by Crippen LogP contribution is -2.30. The third kappa shape index (κ3) is 4.78. The molecule has 7 nitrogen and oxygen atoms in total. The van der Waals surface area contributed by atoms with Crippen molar-refractivity contribution in [3.8, 4) is 11.5 Å². The van der Waals surface area contributed by atoms with Crippen LogP contribution in [0, 0.1) is 0 Å². The number of nitrogens with zero attached hydrogens (tertiary/aromatic N) is 1. The lowest BCUT2D eigenvalue weighted by atomic mass is 10.2. The number of methoxy groups -OCH3 is 2. The smallest absolute Gasteiger partial charge is 0.244 e. The molecule has 0 aliphatic rings. The first kappa shape index (κ1) is 22.5. The molecule has 0 aliphatic carbocycles. The van der Waals surface area contributed by atoms with Gasteiger partial charge in [0.25, 0.3) is 0 Å². The minimum atomic E-state index is -4.03. The topological polar surface area (TPSA) is 90.0 Å². The maximum Gasteiger partial charge on any atom is 0.244 e. The molecule has 0 fully saturated rings. The van der Waals surface area contributed by atoms with Gasteiger partial charge in [-0.25, -0.2) is 16.8 Å². The van der Waals surface area contributed by atoms with Crippen molar-refractivity contribution in [3.05, 3.63) is 47.0 Å². The highest BCUT2D eigenvalue weighted by Gasteiger charge is 2.27. The number of ether oxygens (including phenoxy) is 2. The zero-order valence-electron chi connectivity index (χ0n) is 16.0. The number of sulfonamides is 1. The summed E-state index contributed by atoms with van der Waals surface area (Å²) in [4.78, 5) is -0.364. The first-order chi connectivity index (χ1) is 13.0. The lowest BCUT2D eigenvalue weighted by molar-refractivity contribution is 0.353. The Morgan fingerprint density at radius 2 is 1.61 bits per heavy atom. The maximum atomic E-state index is 13.1. The minimum absolute atomic E-state index is 0.0434. The number of hydrogen-bond donors (Lipinski definition) is 0. The summed E-state index contributed by atoms with van der Waals surface area (Å²) in [6.45, 7) is 1.90. The Kier molecular flexibility index (Phi) is 6.97. The van der Waals surface area contributed by atoms with E-state index in [1.54, 1.807) is 25.1 Å². The second-order valence-corrected chi connectivity index (χ2v) is 10.3. The molecule has 10 heteroatoms. The first-order valence-corrected chi connectivity index (χ1v) is 12.0. The fraction of sp³-hybridized carbons (Fsp3) is 0.333. The molecule has 0 aromatic heterocycles. The Balaban J connectivity index is 2.46. The maximum absolute atomic E-state index is 13.1. The quantitative estimate of drug-likeness (QED) is 0.618. The lowest BCUT2D eigenvalue weighted by Gasteiger charge is -2.22. The van der Waals surface area contributed by atoms with Crippen LogP contribution in [0.3, 0.4) is 0 Å². The molecule has 154 valence electrons. The molecular formula is C18H22ClNO6S2. The van der Waals surface area contributed by atoms with E-state index < -0.39 is 19.9 Å². The molecule has 0 unspecified atom stereocenters. The Morgan fingerprint density at radius 1 is 0.964 bits per heavy atom. The Labute approximate surface area is 170 Å². The molecule has 0 atom stereocenters. The fourth-order valence-electron chi connectivity index (χ4n) is 2.60. The van der Waals surface area contributed by atoms with Crippen LogP contribution in [0.25, 0.3) is 0 Å². The van der Waals surface area contributed by atoms with E-state index in [0.29, 0.717) is 17.1 Å². The molecule has 0 heterocycles. The molecule has 0 spiro atoms. The molecule has 0 saturated carbocycles. The molecule has 28 heavy (non-hydrogen) atoms. The summed E-state index contributed by atoms with van der Waals surface area (Å²) in [5, 5.41) is -0.0434. The zero-order valence-corrected chi connectivity index (χ0v) is 18.4. The van der Waals surface area contributed by atoms with Crippen LogP contribution in [-0.2, 0) is 26.4 Å². The van der Waals surface area contributed by atoms with Crippen LogP contribution in [0.2, 0.25) is 5.02 Å². The van der Waals surface area contributed by atoms with Crippen LogP contribution < -0.4 is 9.47 Å². The van der Waals surface area contributed by atoms with Gasteiger partial charge in [0, 0.05) is 19.3 Å². The van der Waals surface area contributed by atoms with Crippen molar-refractivity contribution in [3.63, 3.8) is 0 Å². The van der Waals surface area contributed by atoms with Gasteiger partial charge in [-0.05, 0) is 35.9 Å². The summed E-state index contributed by atoms with van der Waals surface area (Å²) in [7, 11) is -4.61. The van der Waals surface area contributed by atoms with Crippen molar-refractivity contribution in [2.24, 2.45) is 0 Å². The fourth-order valence-corrected chi connectivity index (χ4v) is 5.26. The van der Waals surface area contributed by atoms with Crippen LogP contribution in [-0.4, -0.2) is 48.2 Å². The van der Waals surface area contributed by atoms with Crippen LogP contribution in [0.5, 0.6) is 11.5 Å². The van der Waals surface area contributed by atoms with E-state index in [9.17, 15) is 16.8 Å². The standard InChI is InChI=1S/C18H22ClNO6S2/c1-5-20(12-13-6-9-16(25-2)17(10-13)26-3)28(23,24)18-11-14(27(4,21)22)7-8-15(18)19/h6-11H,5,12H2,1-4H3. The molecule has 0 aliphatic heterocycles. The average molecular weight is 448 g/mol. The van der Waals surface area contributed by atoms with Crippen LogP contribution in [0.15, 0.2) is 46.2 Å². The van der Waals surface area contributed by atoms with Gasteiger partial charge in [0.2, 0.25) is 10.0 Å². The highest BCUT2D eigenvalue weighted by molar-refractivity contribution is 7.91. The zero-order chi connectivity index (χ0) is 21.1. The molecular weight excluding hydrogens is 426 g/mol. The van der Waals surface area contributed by atoms with Gasteiger partial charge in [0.15, 0.2) is 21.3 Å². The predicted octanol–water partition coefficient (Wildman–Crippen LogP) is 2.97. The van der Waals surface area contributed by atoms with Gasteiger partial charge in [-0.3, -0.25) is 0 Å². The van der Waals surface area contributed by atoms with Crippen LogP contribution in [0.4, 0.5) is 0 Å². The van der Waals surface area contributed by atoms with Crippen LogP contribution in [0.1, 0.15) is 12.5 Å². The van der Waals surface area contributed by atoms with Crippen molar-refractivity contribution < 1.29 is 26.3 Å². The van der Waals surface area contributed by atoms with E-state index in [-0.39, 0.29) is 27.9 Å². The second kappa shape index (κ2) is 8.69. The second-order valence-electron chi connectivity index (χ2n) is 5.98. The third-order valence-corrected chi connectivity index (χ3v) is 7.62. The van der Waals surface area contributed by atoms with E-state index in [1.165, 1.54) is 30.7 Å². The van der Waals surface area contributed by atoms with Gasteiger partial charge in [-0.1, -0.05) is 24.6 Å². The largest absolute Gasteiger partial charge is 0.493 e. The highest BCUT2D eigenvalue weighted by atomic mass is 35.5. The number of benzene rings is 2. The average Bonchev–Trinajstić information content (AvgIpc) is 2.64. The Bertz CT molecular complexity index is 1070. The van der Waals surface area contributed by atoms with Crippen molar-refractivity contribution in [1.29, 1.82) is 0 Å². The minimum Gasteiger partial charge on any atom is -0.493 e. The van der Waals surface area contributed by atoms with E-state index in [2.05, 4.69) is 0 Å². The molecule has 0 saturated heterocycles. The van der Waals surface area contributed by atoms with Crippen molar-refractivity contribution in [2.45, 2.75) is 23.3 Å². The van der Waals surface area contributed by atoms with Gasteiger partial charge in [-0.2, -0.15) is 4.31 Å². The third-order valence-electron chi connectivity index (χ3n) is 4.11. The molecule has 0 bridgehead atoms. The highest BCUT2D eigenvalue weighted by Crippen LogP contribution is 2.31. The molecule has 0 radical (unpaired) electrons. The first-order valence-electron chi connectivity index (χ1n) is 8.25. The summed E-state index contributed by atoms with van der Waals surface area (Å²) in [6.07, 6.45) is 1.01. The summed E-state index contributed by atoms with van der Waals surface area (Å²) in [5.41, 5.74) is 0.679. The summed E-state index contributed by atoms with van der Waals surface area (Å²) in [6, 6.07) is 8.74. The van der Waals surface area contributed by atoms with Gasteiger partial charge < -0.3 is 9.47 Å². The summed E-state index contributed by atoms with van der Waals surface area (Å²) < 4.78 is 61.5. The number of hydrogen-bond acceptors (Lipinski definition) is 6. The molecule has 0 amide bonds. The number of sulfone groups is 1. The van der Waals surface area contributed by atoms with Crippen molar-refractivity contribution >= 4 is 31.5 Å². The summed E-state index contributed by atoms with van der Waals surface area (Å²) in [5.74, 6) is 1.01. The van der Waals surface area contributed by atoms with E-state index >= 15 is 0 Å². The monoisotopic (exact) mass is 447 g/mol. The Morgan fingerprint density at radius 3 is 2.14 bits per heavy atom. The van der Waals surface area contributed by atoms with Gasteiger partial charge in [-0.15, -0.1) is 0 Å². The predicted molar refractivity (Wildman–Crippen MR) is 107 cm³/mol. The molecule has 0 N–H and O–H groups in total. The van der Waals surface area contributed by atoms with Gasteiger partial charge >= 0.3 is 0 Å². The molecule has 2 aromatic carbocycles. The SMILES string of the molecule is CCN(Cc1ccc(OC)c(OC)c1)S(=O)(=O)c1cc(S(C)(=O)=O)ccc1Cl. The van der Waals surface area contributed by atoms with E-state index in [0.717, 1.165) is 12.3 Å².